The van der Waals surface area contributed by atoms with Crippen molar-refractivity contribution in [2.45, 2.75) is 72.4 Å². The van der Waals surface area contributed by atoms with E-state index in [1.807, 2.05) is 44.2 Å². The molecule has 1 aromatic carbocycles. The molecule has 0 saturated carbocycles. The fraction of sp³-hybridized carbons (Fsp3) is 0.556. The Bertz CT molecular complexity index is 858. The fourth-order valence-electron chi connectivity index (χ4n) is 3.03. The number of hydrogen-bond donors (Lipinski definition) is 5. The summed E-state index contributed by atoms with van der Waals surface area (Å²) in [5.41, 5.74) is 0.924. The van der Waals surface area contributed by atoms with Gasteiger partial charge in [-0.1, -0.05) is 65.0 Å². The van der Waals surface area contributed by atoms with E-state index >= 15 is 0 Å². The lowest BCUT2D eigenvalue weighted by Gasteiger charge is -2.21. The first-order valence-corrected chi connectivity index (χ1v) is 13.2. The van der Waals surface area contributed by atoms with E-state index in [1.54, 1.807) is 0 Å². The van der Waals surface area contributed by atoms with Gasteiger partial charge >= 0.3 is 7.12 Å². The number of aromatic nitrogens is 2. The lowest BCUT2D eigenvalue weighted by molar-refractivity contribution is -0.122. The maximum atomic E-state index is 12.8. The summed E-state index contributed by atoms with van der Waals surface area (Å²) >= 11 is 0. The average molecular weight is 532 g/mol. The van der Waals surface area contributed by atoms with Crippen molar-refractivity contribution in [1.29, 1.82) is 0 Å². The van der Waals surface area contributed by atoms with Crippen molar-refractivity contribution < 1.29 is 29.5 Å². The van der Waals surface area contributed by atoms with E-state index in [2.05, 4.69) is 41.4 Å². The highest BCUT2D eigenvalue weighted by Gasteiger charge is 2.25. The standard InChI is InChI=1S/C21H29BN4O6.C4H10.C2H6/c27-11-4-7-17(8-12-28)32-22(31)15-25-20(29)18(13-16-5-2-1-3-6-16)26-21(30)19-14-23-9-10-24-19;1-4(2)3;1-2/h1-3,5-6,9-10,14,17-18,27-28,31H,4,7-8,11-13,15H2,(H,25,29)(H,26,30);4H,1-3H3;1-2H3/t17-,18-;;/m0../s1. The zero-order chi connectivity index (χ0) is 28.8. The molecule has 212 valence electrons. The van der Waals surface area contributed by atoms with Crippen molar-refractivity contribution in [1.82, 2.24) is 20.6 Å². The van der Waals surface area contributed by atoms with Gasteiger partial charge in [-0.3, -0.25) is 14.6 Å². The molecule has 0 aliphatic carbocycles. The summed E-state index contributed by atoms with van der Waals surface area (Å²) in [6, 6.07) is 8.28. The van der Waals surface area contributed by atoms with Gasteiger partial charge in [-0.25, -0.2) is 4.98 Å². The Morgan fingerprint density at radius 2 is 1.68 bits per heavy atom. The summed E-state index contributed by atoms with van der Waals surface area (Å²) in [6.45, 7) is 10.4. The van der Waals surface area contributed by atoms with Gasteiger partial charge in [0.15, 0.2) is 0 Å². The molecule has 2 rings (SSSR count). The number of amides is 2. The van der Waals surface area contributed by atoms with Crippen LogP contribution in [-0.2, 0) is 15.9 Å². The van der Waals surface area contributed by atoms with Crippen molar-refractivity contribution in [2.24, 2.45) is 5.92 Å². The second-order valence-electron chi connectivity index (χ2n) is 8.87. The van der Waals surface area contributed by atoms with Crippen LogP contribution in [-0.4, -0.2) is 75.9 Å². The Morgan fingerprint density at radius 3 is 2.24 bits per heavy atom. The predicted molar refractivity (Wildman–Crippen MR) is 149 cm³/mol. The van der Waals surface area contributed by atoms with E-state index < -0.39 is 31.1 Å². The second-order valence-corrected chi connectivity index (χ2v) is 8.87. The van der Waals surface area contributed by atoms with Crippen molar-refractivity contribution in [2.75, 3.05) is 19.7 Å². The van der Waals surface area contributed by atoms with E-state index in [1.165, 1.54) is 18.6 Å². The Kier molecular flexibility index (Phi) is 20.5. The van der Waals surface area contributed by atoms with Crippen LogP contribution in [0.25, 0.3) is 0 Å². The van der Waals surface area contributed by atoms with E-state index in [9.17, 15) is 14.6 Å². The molecule has 2 atom stereocenters. The van der Waals surface area contributed by atoms with Crippen LogP contribution in [0.3, 0.4) is 0 Å². The van der Waals surface area contributed by atoms with Gasteiger partial charge in [0.25, 0.3) is 5.91 Å². The number of nitrogens with one attached hydrogen (secondary N) is 2. The van der Waals surface area contributed by atoms with Crippen LogP contribution < -0.4 is 10.6 Å². The Hall–Kier alpha value is -2.86. The highest BCUT2D eigenvalue weighted by Crippen LogP contribution is 2.08. The molecular formula is C27H45BN4O6. The summed E-state index contributed by atoms with van der Waals surface area (Å²) in [7, 11) is -1.30. The maximum Gasteiger partial charge on any atom is 0.474 e. The van der Waals surface area contributed by atoms with Crippen LogP contribution in [0.5, 0.6) is 0 Å². The van der Waals surface area contributed by atoms with E-state index in [0.717, 1.165) is 11.5 Å². The zero-order valence-corrected chi connectivity index (χ0v) is 23.3. The topological polar surface area (TPSA) is 154 Å². The van der Waals surface area contributed by atoms with E-state index in [0.29, 0.717) is 19.3 Å². The number of nitrogens with zero attached hydrogens (tertiary/aromatic N) is 2. The molecule has 0 spiro atoms. The van der Waals surface area contributed by atoms with Gasteiger partial charge in [-0.15, -0.1) is 0 Å². The first kappa shape index (κ1) is 35.1. The van der Waals surface area contributed by atoms with Crippen LogP contribution in [0.15, 0.2) is 48.9 Å². The summed E-state index contributed by atoms with van der Waals surface area (Å²) < 4.78 is 5.46. The molecule has 1 aromatic heterocycles. The SMILES string of the molecule is CC.CC(C)C.O=C(N[C@@H](Cc1ccccc1)C(=O)NCB(O)O[C@H](CCO)CCCO)c1cnccn1. The number of aliphatic hydroxyl groups excluding tert-OH is 2. The normalized spacial score (nSPS) is 11.7. The van der Waals surface area contributed by atoms with Crippen LogP contribution >= 0.6 is 0 Å². The zero-order valence-electron chi connectivity index (χ0n) is 23.3. The quantitative estimate of drug-likeness (QED) is 0.232. The Balaban J connectivity index is 0.00000208. The number of rotatable bonds is 14. The minimum Gasteiger partial charge on any atom is -0.426 e. The van der Waals surface area contributed by atoms with Crippen molar-refractivity contribution in [3.05, 3.63) is 60.2 Å². The molecule has 0 unspecified atom stereocenters. The van der Waals surface area contributed by atoms with Crippen LogP contribution in [0.1, 0.15) is 69.9 Å². The van der Waals surface area contributed by atoms with Crippen LogP contribution in [0.2, 0.25) is 0 Å². The minimum atomic E-state index is -1.30. The van der Waals surface area contributed by atoms with Gasteiger partial charge in [0.2, 0.25) is 5.91 Å². The Morgan fingerprint density at radius 1 is 1.03 bits per heavy atom. The largest absolute Gasteiger partial charge is 0.474 e. The molecule has 0 aliphatic heterocycles. The van der Waals surface area contributed by atoms with Gasteiger partial charge in [0.05, 0.1) is 12.6 Å². The van der Waals surface area contributed by atoms with Gasteiger partial charge in [-0.2, -0.15) is 0 Å². The number of carbonyl (C=O) groups is 2. The monoisotopic (exact) mass is 532 g/mol. The third-order valence-corrected chi connectivity index (χ3v) is 4.64. The smallest absolute Gasteiger partial charge is 0.426 e. The molecule has 2 aromatic rings. The molecule has 5 N–H and O–H groups in total. The van der Waals surface area contributed by atoms with E-state index in [-0.39, 0.29) is 31.8 Å². The van der Waals surface area contributed by atoms with Crippen LogP contribution in [0.4, 0.5) is 0 Å². The molecule has 2 amide bonds. The third-order valence-electron chi connectivity index (χ3n) is 4.64. The summed E-state index contributed by atoms with van der Waals surface area (Å²) in [6.07, 6.45) is 4.95. The predicted octanol–water partition coefficient (Wildman–Crippen LogP) is 2.18. The van der Waals surface area contributed by atoms with Gasteiger partial charge in [-0.05, 0) is 30.7 Å². The molecule has 1 heterocycles. The number of carbonyl (C=O) groups excluding carboxylic acids is 2. The highest BCUT2D eigenvalue weighted by molar-refractivity contribution is 6.43. The molecule has 0 bridgehead atoms. The molecule has 38 heavy (non-hydrogen) atoms. The van der Waals surface area contributed by atoms with E-state index in [4.69, 9.17) is 14.9 Å². The summed E-state index contributed by atoms with van der Waals surface area (Å²) in [5.74, 6) is -0.208. The van der Waals surface area contributed by atoms with Crippen LogP contribution in [0, 0.1) is 5.92 Å². The Labute approximate surface area is 227 Å². The lowest BCUT2D eigenvalue weighted by atomic mass is 9.89. The third kappa shape index (κ3) is 16.8. The molecule has 0 saturated heterocycles. The van der Waals surface area contributed by atoms with Gasteiger partial charge < -0.3 is 30.5 Å². The van der Waals surface area contributed by atoms with Gasteiger partial charge in [0.1, 0.15) is 11.7 Å². The van der Waals surface area contributed by atoms with Gasteiger partial charge in [0, 0.05) is 38.1 Å². The first-order valence-electron chi connectivity index (χ1n) is 13.2. The molecule has 11 heteroatoms. The fourth-order valence-corrected chi connectivity index (χ4v) is 3.03. The van der Waals surface area contributed by atoms with Crippen molar-refractivity contribution in [3.8, 4) is 0 Å². The summed E-state index contributed by atoms with van der Waals surface area (Å²) in [5, 5.41) is 33.4. The highest BCUT2D eigenvalue weighted by atomic mass is 16.5. The second kappa shape index (κ2) is 22.2. The van der Waals surface area contributed by atoms with Crippen molar-refractivity contribution in [3.63, 3.8) is 0 Å². The number of hydrogen-bond acceptors (Lipinski definition) is 8. The molecule has 0 fully saturated rings. The van der Waals surface area contributed by atoms with Crippen molar-refractivity contribution >= 4 is 18.9 Å². The lowest BCUT2D eigenvalue weighted by Crippen LogP contribution is -2.51. The number of aliphatic hydroxyl groups is 2. The molecule has 0 radical (unpaired) electrons. The first-order chi connectivity index (χ1) is 18.3. The minimum absolute atomic E-state index is 0.0230. The molecule has 0 aliphatic rings. The maximum absolute atomic E-state index is 12.8. The average Bonchev–Trinajstić information content (AvgIpc) is 2.92. The molecule has 10 nitrogen and oxygen atoms in total. The molecular weight excluding hydrogens is 487 g/mol. The summed E-state index contributed by atoms with van der Waals surface area (Å²) in [4.78, 5) is 33.1. The number of benzene rings is 1.